The molecule has 2 heteroatoms. The van der Waals surface area contributed by atoms with Crippen LogP contribution in [0.3, 0.4) is 0 Å². The zero-order chi connectivity index (χ0) is 16.7. The lowest BCUT2D eigenvalue weighted by atomic mass is 10.1. The fourth-order valence-corrected chi connectivity index (χ4v) is 4.23. The van der Waals surface area contributed by atoms with Crippen molar-refractivity contribution >= 4 is 0 Å². The van der Waals surface area contributed by atoms with Crippen molar-refractivity contribution in [2.24, 2.45) is 0 Å². The Hall–Kier alpha value is -0.0800. The van der Waals surface area contributed by atoms with E-state index in [2.05, 4.69) is 0 Å². The van der Waals surface area contributed by atoms with Crippen molar-refractivity contribution in [1.82, 2.24) is 0 Å². The zero-order valence-electron chi connectivity index (χ0n) is 16.1. The first-order valence-electron chi connectivity index (χ1n) is 11.2. The van der Waals surface area contributed by atoms with E-state index in [4.69, 9.17) is 9.47 Å². The van der Waals surface area contributed by atoms with Crippen LogP contribution in [-0.4, -0.2) is 25.4 Å². The molecule has 2 aliphatic rings. The van der Waals surface area contributed by atoms with Crippen LogP contribution >= 0.6 is 0 Å². The molecule has 0 radical (unpaired) electrons. The van der Waals surface area contributed by atoms with Gasteiger partial charge in [-0.2, -0.15) is 0 Å². The third-order valence-corrected chi connectivity index (χ3v) is 5.85. The standard InChI is InChI=1S/C22H42O2/c1(7-13-19-23-21-15-9-3-4-10-16-21)2-8-14-20-24-22-17-11-5-6-12-18-22/h21-22H,1-20H2. The van der Waals surface area contributed by atoms with E-state index in [0.717, 1.165) is 13.2 Å². The molecule has 142 valence electrons. The van der Waals surface area contributed by atoms with E-state index in [9.17, 15) is 0 Å². The molecule has 0 aromatic carbocycles. The molecule has 2 rings (SSSR count). The summed E-state index contributed by atoms with van der Waals surface area (Å²) >= 11 is 0. The molecule has 2 aliphatic carbocycles. The van der Waals surface area contributed by atoms with Crippen LogP contribution in [0.15, 0.2) is 0 Å². The van der Waals surface area contributed by atoms with Crippen LogP contribution in [-0.2, 0) is 9.47 Å². The van der Waals surface area contributed by atoms with Gasteiger partial charge in [-0.25, -0.2) is 0 Å². The molecule has 0 unspecified atom stereocenters. The zero-order valence-corrected chi connectivity index (χ0v) is 16.1. The molecule has 2 saturated carbocycles. The van der Waals surface area contributed by atoms with Crippen LogP contribution in [0.4, 0.5) is 0 Å². The average molecular weight is 339 g/mol. The Balaban J connectivity index is 1.31. The highest BCUT2D eigenvalue weighted by Crippen LogP contribution is 2.21. The summed E-state index contributed by atoms with van der Waals surface area (Å²) in [4.78, 5) is 0. The van der Waals surface area contributed by atoms with Crippen molar-refractivity contribution < 1.29 is 9.47 Å². The van der Waals surface area contributed by atoms with Gasteiger partial charge in [-0.15, -0.1) is 0 Å². The molecule has 0 aromatic heterocycles. The Morgan fingerprint density at radius 2 is 0.750 bits per heavy atom. The molecule has 0 atom stereocenters. The van der Waals surface area contributed by atoms with Crippen molar-refractivity contribution in [2.45, 2.75) is 128 Å². The average Bonchev–Trinajstić information content (AvgIpc) is 3.01. The Bertz CT molecular complexity index is 235. The molecule has 0 bridgehead atoms. The highest BCUT2D eigenvalue weighted by atomic mass is 16.5. The molecule has 0 amide bonds. The maximum Gasteiger partial charge on any atom is 0.0575 e. The molecule has 0 aliphatic heterocycles. The third kappa shape index (κ3) is 10.0. The fraction of sp³-hybridized carbons (Fsp3) is 1.00. The van der Waals surface area contributed by atoms with E-state index >= 15 is 0 Å². The molecular weight excluding hydrogens is 296 g/mol. The number of ether oxygens (including phenoxy) is 2. The summed E-state index contributed by atoms with van der Waals surface area (Å²) < 4.78 is 12.1. The van der Waals surface area contributed by atoms with Crippen molar-refractivity contribution in [2.75, 3.05) is 13.2 Å². The van der Waals surface area contributed by atoms with Gasteiger partial charge in [0.1, 0.15) is 0 Å². The lowest BCUT2D eigenvalue weighted by molar-refractivity contribution is 0.0391. The summed E-state index contributed by atoms with van der Waals surface area (Å²) in [6, 6.07) is 0. The second kappa shape index (κ2) is 14.1. The Morgan fingerprint density at radius 3 is 1.12 bits per heavy atom. The van der Waals surface area contributed by atoms with Gasteiger partial charge in [-0.3, -0.25) is 0 Å². The molecule has 0 heterocycles. The summed E-state index contributed by atoms with van der Waals surface area (Å²) in [6.07, 6.45) is 25.5. The normalized spacial score (nSPS) is 21.5. The van der Waals surface area contributed by atoms with Gasteiger partial charge >= 0.3 is 0 Å². The monoisotopic (exact) mass is 338 g/mol. The van der Waals surface area contributed by atoms with Gasteiger partial charge in [0.15, 0.2) is 0 Å². The minimum atomic E-state index is 0.577. The lowest BCUT2D eigenvalue weighted by Gasteiger charge is -2.15. The van der Waals surface area contributed by atoms with Crippen LogP contribution in [0.25, 0.3) is 0 Å². The van der Waals surface area contributed by atoms with E-state index < -0.39 is 0 Å². The number of rotatable bonds is 11. The topological polar surface area (TPSA) is 18.5 Å². The van der Waals surface area contributed by atoms with Gasteiger partial charge in [0.25, 0.3) is 0 Å². The van der Waals surface area contributed by atoms with E-state index in [-0.39, 0.29) is 0 Å². The van der Waals surface area contributed by atoms with E-state index in [0.29, 0.717) is 12.2 Å². The van der Waals surface area contributed by atoms with Gasteiger partial charge in [-0.1, -0.05) is 77.0 Å². The van der Waals surface area contributed by atoms with Crippen molar-refractivity contribution in [3.05, 3.63) is 0 Å². The highest BCUT2D eigenvalue weighted by Gasteiger charge is 2.12. The lowest BCUT2D eigenvalue weighted by Crippen LogP contribution is -2.12. The maximum atomic E-state index is 6.07. The Kier molecular flexibility index (Phi) is 11.9. The fourth-order valence-electron chi connectivity index (χ4n) is 4.23. The molecule has 2 nitrogen and oxygen atoms in total. The van der Waals surface area contributed by atoms with Crippen molar-refractivity contribution in [1.29, 1.82) is 0 Å². The van der Waals surface area contributed by atoms with Crippen LogP contribution in [0.5, 0.6) is 0 Å². The first kappa shape index (κ1) is 20.2. The second-order valence-electron chi connectivity index (χ2n) is 8.09. The predicted molar refractivity (Wildman–Crippen MR) is 103 cm³/mol. The minimum Gasteiger partial charge on any atom is -0.378 e. The largest absolute Gasteiger partial charge is 0.378 e. The molecule has 0 saturated heterocycles. The van der Waals surface area contributed by atoms with Crippen LogP contribution in [0, 0.1) is 0 Å². The van der Waals surface area contributed by atoms with Crippen molar-refractivity contribution in [3.8, 4) is 0 Å². The molecule has 2 fully saturated rings. The SMILES string of the molecule is C(CCCCOC1CCCCCC1)CCCOC1CCCCCC1. The molecule has 0 spiro atoms. The maximum absolute atomic E-state index is 6.07. The van der Waals surface area contributed by atoms with Crippen LogP contribution in [0.2, 0.25) is 0 Å². The smallest absolute Gasteiger partial charge is 0.0575 e. The van der Waals surface area contributed by atoms with Gasteiger partial charge in [-0.05, 0) is 38.5 Å². The summed E-state index contributed by atoms with van der Waals surface area (Å²) in [5.41, 5.74) is 0. The van der Waals surface area contributed by atoms with Crippen LogP contribution in [0.1, 0.15) is 116 Å². The third-order valence-electron chi connectivity index (χ3n) is 5.85. The Labute approximate surface area is 151 Å². The highest BCUT2D eigenvalue weighted by molar-refractivity contribution is 4.65. The summed E-state index contributed by atoms with van der Waals surface area (Å²) in [7, 11) is 0. The first-order valence-corrected chi connectivity index (χ1v) is 11.2. The van der Waals surface area contributed by atoms with Gasteiger partial charge in [0.2, 0.25) is 0 Å². The van der Waals surface area contributed by atoms with Gasteiger partial charge < -0.3 is 9.47 Å². The van der Waals surface area contributed by atoms with Crippen LogP contribution < -0.4 is 0 Å². The minimum absolute atomic E-state index is 0.577. The van der Waals surface area contributed by atoms with Gasteiger partial charge in [0, 0.05) is 13.2 Å². The van der Waals surface area contributed by atoms with E-state index in [1.54, 1.807) is 0 Å². The summed E-state index contributed by atoms with van der Waals surface area (Å²) in [5.74, 6) is 0. The number of hydrogen-bond donors (Lipinski definition) is 0. The van der Waals surface area contributed by atoms with Crippen molar-refractivity contribution in [3.63, 3.8) is 0 Å². The molecular formula is C22H42O2. The van der Waals surface area contributed by atoms with Gasteiger partial charge in [0.05, 0.1) is 12.2 Å². The summed E-state index contributed by atoms with van der Waals surface area (Å²) in [5, 5.41) is 0. The number of unbranched alkanes of at least 4 members (excludes halogenated alkanes) is 5. The summed E-state index contributed by atoms with van der Waals surface area (Å²) in [6.45, 7) is 1.99. The first-order chi connectivity index (χ1) is 11.9. The quantitative estimate of drug-likeness (QED) is 0.304. The molecule has 0 N–H and O–H groups in total. The number of hydrogen-bond acceptors (Lipinski definition) is 2. The predicted octanol–water partition coefficient (Wildman–Crippen LogP) is 6.81. The molecule has 24 heavy (non-hydrogen) atoms. The second-order valence-corrected chi connectivity index (χ2v) is 8.09. The van der Waals surface area contributed by atoms with E-state index in [1.807, 2.05) is 0 Å². The Morgan fingerprint density at radius 1 is 0.417 bits per heavy atom. The molecule has 0 aromatic rings. The van der Waals surface area contributed by atoms with E-state index in [1.165, 1.54) is 116 Å².